The van der Waals surface area contributed by atoms with Gasteiger partial charge in [-0.15, -0.1) is 0 Å². The van der Waals surface area contributed by atoms with Crippen LogP contribution in [0.15, 0.2) is 46.9 Å². The van der Waals surface area contributed by atoms with Crippen molar-refractivity contribution >= 4 is 33.2 Å². The molecule has 1 amide bonds. The van der Waals surface area contributed by atoms with Crippen molar-refractivity contribution in [3.05, 3.63) is 58.1 Å². The summed E-state index contributed by atoms with van der Waals surface area (Å²) in [6, 6.07) is 14.3. The molecule has 0 saturated heterocycles. The van der Waals surface area contributed by atoms with Gasteiger partial charge in [-0.25, -0.2) is 0 Å². The molecule has 0 aliphatic heterocycles. The Morgan fingerprint density at radius 1 is 1.25 bits per heavy atom. The number of nitrogens with one attached hydrogen (secondary N) is 1. The molecule has 2 aromatic carbocycles. The Kier molecular flexibility index (Phi) is 4.38. The van der Waals surface area contributed by atoms with Crippen LogP contribution in [-0.2, 0) is 6.42 Å². The van der Waals surface area contributed by atoms with E-state index in [2.05, 4.69) is 27.3 Å². The third kappa shape index (κ3) is 3.37. The monoisotopic (exact) mass is 329 g/mol. The van der Waals surface area contributed by atoms with Crippen molar-refractivity contribution in [2.24, 2.45) is 0 Å². The fourth-order valence-corrected chi connectivity index (χ4v) is 2.11. The van der Waals surface area contributed by atoms with E-state index >= 15 is 0 Å². The number of rotatable bonds is 3. The number of nitrogen functional groups attached to an aromatic ring is 1. The summed E-state index contributed by atoms with van der Waals surface area (Å²) in [6.07, 6.45) is 0.355. The van der Waals surface area contributed by atoms with Gasteiger partial charge >= 0.3 is 0 Å². The lowest BCUT2D eigenvalue weighted by Crippen LogP contribution is -2.13. The Morgan fingerprint density at radius 3 is 2.55 bits per heavy atom. The molecule has 0 heterocycles. The van der Waals surface area contributed by atoms with Crippen LogP contribution < -0.4 is 11.1 Å². The van der Waals surface area contributed by atoms with E-state index in [1.165, 1.54) is 0 Å². The number of benzene rings is 2. The second-order valence-electron chi connectivity index (χ2n) is 4.22. The van der Waals surface area contributed by atoms with E-state index in [1.807, 2.05) is 12.1 Å². The maximum absolute atomic E-state index is 12.1. The number of nitrogens with zero attached hydrogens (tertiary/aromatic N) is 1. The van der Waals surface area contributed by atoms with E-state index in [-0.39, 0.29) is 5.91 Å². The highest BCUT2D eigenvalue weighted by molar-refractivity contribution is 9.10. The van der Waals surface area contributed by atoms with E-state index in [4.69, 9.17) is 11.0 Å². The van der Waals surface area contributed by atoms with Crippen molar-refractivity contribution in [1.82, 2.24) is 0 Å². The minimum Gasteiger partial charge on any atom is -0.398 e. The third-order valence-electron chi connectivity index (χ3n) is 2.75. The molecule has 0 bridgehead atoms. The average Bonchev–Trinajstić information content (AvgIpc) is 2.41. The van der Waals surface area contributed by atoms with Crippen molar-refractivity contribution in [3.8, 4) is 6.07 Å². The first-order chi connectivity index (χ1) is 9.60. The van der Waals surface area contributed by atoms with Gasteiger partial charge in [0.15, 0.2) is 0 Å². The zero-order valence-corrected chi connectivity index (χ0v) is 12.1. The maximum Gasteiger partial charge on any atom is 0.257 e. The van der Waals surface area contributed by atoms with Gasteiger partial charge in [0.05, 0.1) is 18.1 Å². The summed E-state index contributed by atoms with van der Waals surface area (Å²) < 4.78 is 0.826. The van der Waals surface area contributed by atoms with Crippen molar-refractivity contribution in [2.75, 3.05) is 11.1 Å². The fraction of sp³-hybridized carbons (Fsp3) is 0.0667. The van der Waals surface area contributed by atoms with Crippen LogP contribution in [0.3, 0.4) is 0 Å². The van der Waals surface area contributed by atoms with Gasteiger partial charge in [0.1, 0.15) is 0 Å². The summed E-state index contributed by atoms with van der Waals surface area (Å²) >= 11 is 3.30. The van der Waals surface area contributed by atoms with E-state index in [9.17, 15) is 4.79 Å². The van der Waals surface area contributed by atoms with E-state index in [0.29, 0.717) is 23.4 Å². The number of carbonyl (C=O) groups is 1. The summed E-state index contributed by atoms with van der Waals surface area (Å²) in [4.78, 5) is 12.1. The van der Waals surface area contributed by atoms with Crippen LogP contribution in [0, 0.1) is 11.3 Å². The van der Waals surface area contributed by atoms with Gasteiger partial charge in [-0.05, 0) is 35.9 Å². The predicted octanol–water partition coefficient (Wildman–Crippen LogP) is 3.35. The number of hydrogen-bond donors (Lipinski definition) is 2. The lowest BCUT2D eigenvalue weighted by molar-refractivity contribution is 0.102. The fourth-order valence-electron chi connectivity index (χ4n) is 1.74. The van der Waals surface area contributed by atoms with Gasteiger partial charge in [-0.2, -0.15) is 5.26 Å². The highest BCUT2D eigenvalue weighted by Crippen LogP contribution is 2.20. The van der Waals surface area contributed by atoms with Crippen LogP contribution in [-0.4, -0.2) is 5.91 Å². The first-order valence-corrected chi connectivity index (χ1v) is 6.71. The smallest absolute Gasteiger partial charge is 0.257 e. The molecule has 0 aromatic heterocycles. The van der Waals surface area contributed by atoms with Crippen LogP contribution in [0.1, 0.15) is 15.9 Å². The number of nitriles is 1. The lowest BCUT2D eigenvalue weighted by atomic mass is 10.1. The summed E-state index contributed by atoms with van der Waals surface area (Å²) in [5.74, 6) is -0.261. The normalized spacial score (nSPS) is 9.80. The SMILES string of the molecule is N#CCc1ccc(NC(=O)c2ccc(Br)cc2N)cc1. The van der Waals surface area contributed by atoms with Gasteiger partial charge < -0.3 is 11.1 Å². The van der Waals surface area contributed by atoms with E-state index < -0.39 is 0 Å². The number of amides is 1. The molecule has 0 aliphatic carbocycles. The third-order valence-corrected chi connectivity index (χ3v) is 3.25. The molecule has 0 atom stereocenters. The van der Waals surface area contributed by atoms with E-state index in [0.717, 1.165) is 10.0 Å². The topological polar surface area (TPSA) is 78.9 Å². The number of anilines is 2. The van der Waals surface area contributed by atoms with Crippen LogP contribution in [0.2, 0.25) is 0 Å². The quantitative estimate of drug-likeness (QED) is 0.847. The molecule has 0 fully saturated rings. The van der Waals surface area contributed by atoms with Gasteiger partial charge in [0, 0.05) is 15.8 Å². The lowest BCUT2D eigenvalue weighted by Gasteiger charge is -2.08. The molecule has 0 unspecified atom stereocenters. The molecule has 0 saturated carbocycles. The molecule has 20 heavy (non-hydrogen) atoms. The van der Waals surface area contributed by atoms with Gasteiger partial charge in [0.25, 0.3) is 5.91 Å². The van der Waals surface area contributed by atoms with Gasteiger partial charge in [0.2, 0.25) is 0 Å². The molecule has 4 nitrogen and oxygen atoms in total. The highest BCUT2D eigenvalue weighted by atomic mass is 79.9. The molecular weight excluding hydrogens is 318 g/mol. The van der Waals surface area contributed by atoms with Crippen molar-refractivity contribution in [1.29, 1.82) is 5.26 Å². The summed E-state index contributed by atoms with van der Waals surface area (Å²) in [5, 5.41) is 11.4. The Bertz CT molecular complexity index is 675. The second kappa shape index (κ2) is 6.22. The van der Waals surface area contributed by atoms with Crippen molar-refractivity contribution in [2.45, 2.75) is 6.42 Å². The Balaban J connectivity index is 2.13. The second-order valence-corrected chi connectivity index (χ2v) is 5.13. The molecule has 0 radical (unpaired) electrons. The molecule has 3 N–H and O–H groups in total. The van der Waals surface area contributed by atoms with Crippen molar-refractivity contribution in [3.63, 3.8) is 0 Å². The minimum absolute atomic E-state index is 0.261. The Labute approximate surface area is 125 Å². The first kappa shape index (κ1) is 14.1. The van der Waals surface area contributed by atoms with Crippen LogP contribution in [0.5, 0.6) is 0 Å². The van der Waals surface area contributed by atoms with Crippen molar-refractivity contribution < 1.29 is 4.79 Å². The van der Waals surface area contributed by atoms with Crippen LogP contribution in [0.25, 0.3) is 0 Å². The molecule has 2 rings (SSSR count). The number of hydrogen-bond acceptors (Lipinski definition) is 3. The maximum atomic E-state index is 12.1. The zero-order chi connectivity index (χ0) is 14.5. The number of carbonyl (C=O) groups excluding carboxylic acids is 1. The number of nitrogens with two attached hydrogens (primary N) is 1. The Morgan fingerprint density at radius 2 is 1.95 bits per heavy atom. The molecule has 100 valence electrons. The van der Waals surface area contributed by atoms with Gasteiger partial charge in [-0.1, -0.05) is 28.1 Å². The molecule has 2 aromatic rings. The molecular formula is C15H12BrN3O. The van der Waals surface area contributed by atoms with Crippen LogP contribution >= 0.6 is 15.9 Å². The predicted molar refractivity (Wildman–Crippen MR) is 82.3 cm³/mol. The van der Waals surface area contributed by atoms with E-state index in [1.54, 1.807) is 30.3 Å². The number of halogens is 1. The van der Waals surface area contributed by atoms with Crippen LogP contribution in [0.4, 0.5) is 11.4 Å². The van der Waals surface area contributed by atoms with Gasteiger partial charge in [-0.3, -0.25) is 4.79 Å². The molecule has 5 heteroatoms. The first-order valence-electron chi connectivity index (χ1n) is 5.92. The minimum atomic E-state index is -0.261. The summed E-state index contributed by atoms with van der Waals surface area (Å²) in [7, 11) is 0. The molecule has 0 spiro atoms. The average molecular weight is 330 g/mol. The largest absolute Gasteiger partial charge is 0.398 e. The summed E-state index contributed by atoms with van der Waals surface area (Å²) in [5.41, 5.74) is 8.23. The zero-order valence-electron chi connectivity index (χ0n) is 10.6. The standard InChI is InChI=1S/C15H12BrN3O/c16-11-3-6-13(14(18)9-11)15(20)19-12-4-1-10(2-5-12)7-8-17/h1-6,9H,7,18H2,(H,19,20). The Hall–Kier alpha value is -2.32. The molecule has 0 aliphatic rings. The summed E-state index contributed by atoms with van der Waals surface area (Å²) in [6.45, 7) is 0. The highest BCUT2D eigenvalue weighted by Gasteiger charge is 2.10.